The van der Waals surface area contributed by atoms with Crippen molar-refractivity contribution in [2.45, 2.75) is 13.3 Å². The average molecular weight is 308 g/mol. The van der Waals surface area contributed by atoms with Gasteiger partial charge in [-0.3, -0.25) is 0 Å². The summed E-state index contributed by atoms with van der Waals surface area (Å²) in [6, 6.07) is 17.4. The fourth-order valence-corrected chi connectivity index (χ4v) is 2.18. The monoisotopic (exact) mass is 308 g/mol. The largest absolute Gasteiger partial charge is 0.0614 e. The van der Waals surface area contributed by atoms with E-state index in [1.165, 1.54) is 20.3 Å². The van der Waals surface area contributed by atoms with E-state index < -0.39 is 0 Å². The second-order valence-corrected chi connectivity index (χ2v) is 4.81. The molecule has 0 atom stereocenters. The standard InChI is InChI=1S/C14H13I/c1-2-11-5-3-6-12(9-11)13-7-4-8-14(15)10-13/h3-10H,2H2,1H3. The summed E-state index contributed by atoms with van der Waals surface area (Å²) in [6.45, 7) is 2.19. The molecule has 0 aliphatic rings. The lowest BCUT2D eigenvalue weighted by molar-refractivity contribution is 1.14. The Morgan fingerprint density at radius 1 is 0.933 bits per heavy atom. The van der Waals surface area contributed by atoms with E-state index in [2.05, 4.69) is 78.0 Å². The summed E-state index contributed by atoms with van der Waals surface area (Å²) in [7, 11) is 0. The maximum Gasteiger partial charge on any atom is 0.0136 e. The van der Waals surface area contributed by atoms with Gasteiger partial charge < -0.3 is 0 Å². The molecule has 1 heteroatoms. The Labute approximate surface area is 104 Å². The van der Waals surface area contributed by atoms with Gasteiger partial charge in [-0.1, -0.05) is 43.3 Å². The van der Waals surface area contributed by atoms with Gasteiger partial charge >= 0.3 is 0 Å². The number of aryl methyl sites for hydroxylation is 1. The molecule has 2 aromatic rings. The van der Waals surface area contributed by atoms with E-state index in [-0.39, 0.29) is 0 Å². The van der Waals surface area contributed by atoms with Crippen LogP contribution in [0.2, 0.25) is 0 Å². The highest BCUT2D eigenvalue weighted by molar-refractivity contribution is 14.1. The summed E-state index contributed by atoms with van der Waals surface area (Å²) in [4.78, 5) is 0. The van der Waals surface area contributed by atoms with Crippen LogP contribution in [0.1, 0.15) is 12.5 Å². The lowest BCUT2D eigenvalue weighted by Gasteiger charge is -2.04. The third-order valence-electron chi connectivity index (χ3n) is 2.49. The van der Waals surface area contributed by atoms with Crippen molar-refractivity contribution in [3.05, 3.63) is 57.7 Å². The first-order valence-corrected chi connectivity index (χ1v) is 6.22. The summed E-state index contributed by atoms with van der Waals surface area (Å²) in [5.74, 6) is 0. The van der Waals surface area contributed by atoms with Crippen molar-refractivity contribution in [1.29, 1.82) is 0 Å². The van der Waals surface area contributed by atoms with Crippen LogP contribution in [-0.4, -0.2) is 0 Å². The predicted octanol–water partition coefficient (Wildman–Crippen LogP) is 4.52. The van der Waals surface area contributed by atoms with Gasteiger partial charge in [-0.05, 0) is 57.8 Å². The van der Waals surface area contributed by atoms with Gasteiger partial charge in [-0.25, -0.2) is 0 Å². The van der Waals surface area contributed by atoms with Gasteiger partial charge in [-0.2, -0.15) is 0 Å². The first-order valence-electron chi connectivity index (χ1n) is 5.14. The maximum atomic E-state index is 2.35. The summed E-state index contributed by atoms with van der Waals surface area (Å²) in [5.41, 5.74) is 4.01. The van der Waals surface area contributed by atoms with E-state index in [9.17, 15) is 0 Å². The molecule has 0 saturated carbocycles. The topological polar surface area (TPSA) is 0 Å². The van der Waals surface area contributed by atoms with E-state index in [4.69, 9.17) is 0 Å². The highest BCUT2D eigenvalue weighted by atomic mass is 127. The number of halogens is 1. The van der Waals surface area contributed by atoms with Crippen LogP contribution in [0.5, 0.6) is 0 Å². The average Bonchev–Trinajstić information content (AvgIpc) is 2.29. The maximum absolute atomic E-state index is 2.35. The van der Waals surface area contributed by atoms with Crippen LogP contribution in [0.4, 0.5) is 0 Å². The van der Waals surface area contributed by atoms with Crippen molar-refractivity contribution in [1.82, 2.24) is 0 Å². The van der Waals surface area contributed by atoms with Crippen LogP contribution in [-0.2, 0) is 6.42 Å². The summed E-state index contributed by atoms with van der Waals surface area (Å²) >= 11 is 2.35. The van der Waals surface area contributed by atoms with Crippen LogP contribution < -0.4 is 0 Å². The van der Waals surface area contributed by atoms with Gasteiger partial charge in [0.05, 0.1) is 0 Å². The Balaban J connectivity index is 2.44. The van der Waals surface area contributed by atoms with Crippen LogP contribution in [0.25, 0.3) is 11.1 Å². The highest BCUT2D eigenvalue weighted by Crippen LogP contribution is 2.22. The van der Waals surface area contributed by atoms with Gasteiger partial charge in [0, 0.05) is 3.57 Å². The van der Waals surface area contributed by atoms with Crippen molar-refractivity contribution in [3.8, 4) is 11.1 Å². The molecule has 15 heavy (non-hydrogen) atoms. The fraction of sp³-hybridized carbons (Fsp3) is 0.143. The number of benzene rings is 2. The zero-order valence-electron chi connectivity index (χ0n) is 8.70. The Morgan fingerprint density at radius 3 is 2.27 bits per heavy atom. The Hall–Kier alpha value is -0.830. The second kappa shape index (κ2) is 4.79. The van der Waals surface area contributed by atoms with E-state index in [0.29, 0.717) is 0 Å². The van der Waals surface area contributed by atoms with Crippen molar-refractivity contribution >= 4 is 22.6 Å². The fourth-order valence-electron chi connectivity index (χ4n) is 1.64. The molecular weight excluding hydrogens is 295 g/mol. The van der Waals surface area contributed by atoms with Crippen molar-refractivity contribution in [2.75, 3.05) is 0 Å². The summed E-state index contributed by atoms with van der Waals surface area (Å²) < 4.78 is 1.28. The summed E-state index contributed by atoms with van der Waals surface area (Å²) in [6.07, 6.45) is 1.10. The van der Waals surface area contributed by atoms with Crippen molar-refractivity contribution in [2.24, 2.45) is 0 Å². The van der Waals surface area contributed by atoms with Gasteiger partial charge in [0.25, 0.3) is 0 Å². The lowest BCUT2D eigenvalue weighted by Crippen LogP contribution is -1.83. The SMILES string of the molecule is CCc1cccc(-c2cccc(I)c2)c1. The molecular formula is C14H13I. The zero-order valence-corrected chi connectivity index (χ0v) is 10.9. The summed E-state index contributed by atoms with van der Waals surface area (Å²) in [5, 5.41) is 0. The van der Waals surface area contributed by atoms with Gasteiger partial charge in [0.15, 0.2) is 0 Å². The Kier molecular flexibility index (Phi) is 3.41. The first-order chi connectivity index (χ1) is 7.29. The molecule has 0 bridgehead atoms. The van der Waals surface area contributed by atoms with Gasteiger partial charge in [-0.15, -0.1) is 0 Å². The Bertz CT molecular complexity index is 460. The molecule has 0 heterocycles. The van der Waals surface area contributed by atoms with Gasteiger partial charge in [0.1, 0.15) is 0 Å². The quantitative estimate of drug-likeness (QED) is 0.716. The molecule has 2 rings (SSSR count). The van der Waals surface area contributed by atoms with Crippen LogP contribution >= 0.6 is 22.6 Å². The van der Waals surface area contributed by atoms with Crippen LogP contribution in [0.15, 0.2) is 48.5 Å². The van der Waals surface area contributed by atoms with E-state index in [1.807, 2.05) is 0 Å². The lowest BCUT2D eigenvalue weighted by atomic mass is 10.0. The van der Waals surface area contributed by atoms with Crippen molar-refractivity contribution < 1.29 is 0 Å². The van der Waals surface area contributed by atoms with E-state index in [0.717, 1.165) is 6.42 Å². The molecule has 2 aromatic carbocycles. The van der Waals surface area contributed by atoms with E-state index >= 15 is 0 Å². The smallest absolute Gasteiger partial charge is 0.0136 e. The first kappa shape index (κ1) is 10.7. The molecule has 0 spiro atoms. The van der Waals surface area contributed by atoms with Crippen LogP contribution in [0.3, 0.4) is 0 Å². The van der Waals surface area contributed by atoms with Crippen molar-refractivity contribution in [3.63, 3.8) is 0 Å². The zero-order chi connectivity index (χ0) is 10.7. The molecule has 0 fully saturated rings. The normalized spacial score (nSPS) is 10.3. The van der Waals surface area contributed by atoms with E-state index in [1.54, 1.807) is 0 Å². The third-order valence-corrected chi connectivity index (χ3v) is 3.16. The third kappa shape index (κ3) is 2.59. The minimum Gasteiger partial charge on any atom is -0.0614 e. The molecule has 0 aliphatic carbocycles. The number of rotatable bonds is 2. The Morgan fingerprint density at radius 2 is 1.60 bits per heavy atom. The molecule has 0 saturated heterocycles. The number of hydrogen-bond donors (Lipinski definition) is 0. The molecule has 76 valence electrons. The molecule has 0 unspecified atom stereocenters. The predicted molar refractivity (Wildman–Crippen MR) is 74.0 cm³/mol. The number of hydrogen-bond acceptors (Lipinski definition) is 0. The molecule has 0 amide bonds. The minimum atomic E-state index is 1.10. The molecule has 0 nitrogen and oxygen atoms in total. The highest BCUT2D eigenvalue weighted by Gasteiger charge is 1.98. The molecule has 0 N–H and O–H groups in total. The minimum absolute atomic E-state index is 1.10. The second-order valence-electron chi connectivity index (χ2n) is 3.56. The van der Waals surface area contributed by atoms with Gasteiger partial charge in [0.2, 0.25) is 0 Å². The van der Waals surface area contributed by atoms with Crippen LogP contribution in [0, 0.1) is 3.57 Å². The molecule has 0 aliphatic heterocycles. The molecule has 0 radical (unpaired) electrons. The molecule has 0 aromatic heterocycles.